The third-order valence-corrected chi connectivity index (χ3v) is 11.3. The van der Waals surface area contributed by atoms with E-state index in [0.29, 0.717) is 29.0 Å². The predicted molar refractivity (Wildman–Crippen MR) is 236 cm³/mol. The van der Waals surface area contributed by atoms with Gasteiger partial charge in [0.25, 0.3) is 0 Å². The largest absolute Gasteiger partial charge is 0.506 e. The second kappa shape index (κ2) is 24.6. The third kappa shape index (κ3) is 12.5. The van der Waals surface area contributed by atoms with Gasteiger partial charge in [-0.1, -0.05) is 107 Å². The van der Waals surface area contributed by atoms with Gasteiger partial charge in [-0.05, 0) is 87.8 Å². The maximum Gasteiger partial charge on any atom is 0.249 e. The first-order chi connectivity index (χ1) is 27.1. The molecule has 0 saturated carbocycles. The van der Waals surface area contributed by atoms with Gasteiger partial charge in [0.1, 0.15) is 5.76 Å². The Kier molecular flexibility index (Phi) is 20.4. The average molecular weight is 771 g/mol. The molecule has 8 nitrogen and oxygen atoms in total. The lowest BCUT2D eigenvalue weighted by Crippen LogP contribution is -2.30. The first-order valence-electron chi connectivity index (χ1n) is 22.3. The zero-order valence-corrected chi connectivity index (χ0v) is 36.3. The van der Waals surface area contributed by atoms with Crippen molar-refractivity contribution in [3.05, 3.63) is 64.6 Å². The first kappa shape index (κ1) is 46.4. The van der Waals surface area contributed by atoms with Crippen molar-refractivity contribution < 1.29 is 19.5 Å². The molecule has 56 heavy (non-hydrogen) atoms. The molecule has 2 aliphatic carbocycles. The lowest BCUT2D eigenvalue weighted by atomic mass is 9.78. The van der Waals surface area contributed by atoms with Crippen LogP contribution in [0.2, 0.25) is 0 Å². The topological polar surface area (TPSA) is 102 Å². The molecule has 2 aliphatic rings. The highest BCUT2D eigenvalue weighted by Gasteiger charge is 2.40. The number of carbonyl (C=O) groups excluding carboxylic acids is 3. The molecular weight excluding hydrogens is 697 g/mol. The van der Waals surface area contributed by atoms with E-state index in [0.717, 1.165) is 134 Å². The van der Waals surface area contributed by atoms with Gasteiger partial charge < -0.3 is 20.2 Å². The molecule has 1 aromatic rings. The van der Waals surface area contributed by atoms with Gasteiger partial charge in [-0.2, -0.15) is 0 Å². The Morgan fingerprint density at radius 1 is 0.696 bits per heavy atom. The molecule has 2 atom stereocenters. The van der Waals surface area contributed by atoms with Crippen molar-refractivity contribution in [3.8, 4) is 0 Å². The number of aliphatic hydroxyl groups excluding tert-OH is 1. The van der Waals surface area contributed by atoms with E-state index in [2.05, 4.69) is 56.7 Å². The number of anilines is 2. The van der Waals surface area contributed by atoms with Gasteiger partial charge in [0.05, 0.1) is 22.5 Å². The van der Waals surface area contributed by atoms with Crippen LogP contribution in [0.5, 0.6) is 0 Å². The molecule has 0 spiro atoms. The lowest BCUT2D eigenvalue weighted by molar-refractivity contribution is -0.122. The number of Topliss-reactive ketones (excluding diaryl/α,β-unsaturated/α-hetero) is 1. The number of allylic oxidation sites excluding steroid dienone is 6. The highest BCUT2D eigenvalue weighted by atomic mass is 16.3. The minimum atomic E-state index is -0.318. The van der Waals surface area contributed by atoms with Crippen LogP contribution in [0.3, 0.4) is 0 Å². The monoisotopic (exact) mass is 771 g/mol. The van der Waals surface area contributed by atoms with Crippen LogP contribution in [0.25, 0.3) is 5.57 Å². The van der Waals surface area contributed by atoms with Crippen molar-refractivity contribution in [3.63, 3.8) is 0 Å². The highest BCUT2D eigenvalue weighted by molar-refractivity contribution is 6.42. The van der Waals surface area contributed by atoms with Gasteiger partial charge in [-0.3, -0.25) is 14.4 Å². The van der Waals surface area contributed by atoms with Crippen molar-refractivity contribution in [2.45, 2.75) is 158 Å². The van der Waals surface area contributed by atoms with Crippen molar-refractivity contribution in [2.75, 3.05) is 36.4 Å². The normalized spacial score (nSPS) is 17.2. The van der Waals surface area contributed by atoms with Gasteiger partial charge in [0.15, 0.2) is 0 Å². The van der Waals surface area contributed by atoms with E-state index < -0.39 is 0 Å². The first-order valence-corrected chi connectivity index (χ1v) is 22.3. The Bertz CT molecular complexity index is 1600. The summed E-state index contributed by atoms with van der Waals surface area (Å²) in [6.45, 7) is 20.6. The molecule has 0 radical (unpaired) electrons. The van der Waals surface area contributed by atoms with E-state index in [1.165, 1.54) is 0 Å². The Labute approximate surface area is 339 Å². The molecule has 0 aromatic heterocycles. The number of aliphatic imine (C=N–C) groups is 1. The fourth-order valence-electron chi connectivity index (χ4n) is 7.48. The second-order valence-electron chi connectivity index (χ2n) is 15.7. The number of nitrogens with one attached hydrogen (secondary N) is 1. The zero-order valence-electron chi connectivity index (χ0n) is 36.3. The maximum atomic E-state index is 14.4. The van der Waals surface area contributed by atoms with Crippen LogP contribution in [-0.2, 0) is 14.4 Å². The van der Waals surface area contributed by atoms with Crippen molar-refractivity contribution >= 4 is 40.3 Å². The molecule has 2 unspecified atom stereocenters. The summed E-state index contributed by atoms with van der Waals surface area (Å²) in [5, 5.41) is 15.1. The summed E-state index contributed by atoms with van der Waals surface area (Å²) >= 11 is 0. The Hall–Kier alpha value is -3.94. The van der Waals surface area contributed by atoms with E-state index >= 15 is 0 Å². The number of benzene rings is 1. The van der Waals surface area contributed by atoms with Gasteiger partial charge in [0, 0.05) is 60.5 Å². The number of carbonyl (C=O) groups is 3. The average Bonchev–Trinajstić information content (AvgIpc) is 3.20. The van der Waals surface area contributed by atoms with Crippen LogP contribution in [0.4, 0.5) is 11.4 Å². The number of hydrogen-bond donors (Lipinski definition) is 2. The maximum absolute atomic E-state index is 14.4. The summed E-state index contributed by atoms with van der Waals surface area (Å²) < 4.78 is 0. The SMILES string of the molecule is CCCCC(CC)C(=O)N=C1C=C(N(CCCC)CCCC)C=CC1=C1C(=O)C(c2ccc(N(CCCC)CCCC)cc2NC(=O)C(CC)CCCC)=C1O. The van der Waals surface area contributed by atoms with Crippen molar-refractivity contribution in [1.82, 2.24) is 4.90 Å². The molecule has 0 fully saturated rings. The summed E-state index contributed by atoms with van der Waals surface area (Å²) in [6.07, 6.45) is 21.1. The van der Waals surface area contributed by atoms with E-state index in [1.807, 2.05) is 50.3 Å². The van der Waals surface area contributed by atoms with Crippen LogP contribution in [0, 0.1) is 11.8 Å². The minimum Gasteiger partial charge on any atom is -0.506 e. The zero-order chi connectivity index (χ0) is 41.0. The van der Waals surface area contributed by atoms with Crippen LogP contribution < -0.4 is 10.2 Å². The molecule has 0 heterocycles. The van der Waals surface area contributed by atoms with E-state index in [-0.39, 0.29) is 46.3 Å². The Balaban J connectivity index is 2.20. The van der Waals surface area contributed by atoms with Crippen molar-refractivity contribution in [2.24, 2.45) is 16.8 Å². The molecule has 310 valence electrons. The second-order valence-corrected chi connectivity index (χ2v) is 15.7. The highest BCUT2D eigenvalue weighted by Crippen LogP contribution is 2.43. The molecule has 2 amide bonds. The molecular formula is C48H74N4O4. The molecule has 0 bridgehead atoms. The van der Waals surface area contributed by atoms with Crippen LogP contribution in [0.15, 0.2) is 64.0 Å². The molecule has 2 N–H and O–H groups in total. The number of amides is 2. The van der Waals surface area contributed by atoms with Crippen molar-refractivity contribution in [1.29, 1.82) is 0 Å². The summed E-state index contributed by atoms with van der Waals surface area (Å²) in [5.74, 6) is -1.05. The summed E-state index contributed by atoms with van der Waals surface area (Å²) in [7, 11) is 0. The van der Waals surface area contributed by atoms with Crippen LogP contribution >= 0.6 is 0 Å². The third-order valence-electron chi connectivity index (χ3n) is 11.3. The molecule has 0 saturated heterocycles. The number of rotatable bonds is 26. The van der Waals surface area contributed by atoms with Gasteiger partial charge in [-0.15, -0.1) is 0 Å². The molecule has 1 aromatic carbocycles. The molecule has 0 aliphatic heterocycles. The van der Waals surface area contributed by atoms with Gasteiger partial charge >= 0.3 is 0 Å². The summed E-state index contributed by atoms with van der Waals surface area (Å²) in [5.41, 5.74) is 4.22. The van der Waals surface area contributed by atoms with E-state index in [1.54, 1.807) is 0 Å². The van der Waals surface area contributed by atoms with E-state index in [4.69, 9.17) is 4.99 Å². The van der Waals surface area contributed by atoms with Crippen LogP contribution in [0.1, 0.15) is 164 Å². The summed E-state index contributed by atoms with van der Waals surface area (Å²) in [4.78, 5) is 51.3. The quantitative estimate of drug-likeness (QED) is 0.0910. The van der Waals surface area contributed by atoms with E-state index in [9.17, 15) is 19.5 Å². The molecule has 3 rings (SSSR count). The number of aliphatic hydroxyl groups is 1. The number of nitrogens with zero attached hydrogens (tertiary/aromatic N) is 3. The lowest BCUT2D eigenvalue weighted by Gasteiger charge is -2.30. The minimum absolute atomic E-state index is 0.0662. The fourth-order valence-corrected chi connectivity index (χ4v) is 7.48. The van der Waals surface area contributed by atoms with Gasteiger partial charge in [0.2, 0.25) is 17.6 Å². The standard InChI is InChI=1S/C48H74N4O4/c1-9-17-23-35(15-7)47(55)49-41-33-37(51(29-19-11-3)30-20-12-4)25-27-39(41)43-45(53)44(46(43)54)40-28-26-38(52(31-21-13-5)32-22-14-6)34-42(40)50-48(56)36(16-8)24-18-10-2/h25-28,33-36,53H,9-24,29-32H2,1-8H3,(H,49,55). The Morgan fingerprint density at radius 2 is 1.23 bits per heavy atom. The number of unbranched alkanes of at least 4 members (excludes halogenated alkanes) is 6. The Morgan fingerprint density at radius 3 is 1.75 bits per heavy atom. The predicted octanol–water partition coefficient (Wildman–Crippen LogP) is 11.9. The number of hydrogen-bond acceptors (Lipinski definition) is 6. The number of ketones is 1. The smallest absolute Gasteiger partial charge is 0.249 e. The van der Waals surface area contributed by atoms with Crippen LogP contribution in [-0.4, -0.2) is 59.5 Å². The fraction of sp³-hybridized carbons (Fsp3) is 0.625. The van der Waals surface area contributed by atoms with Gasteiger partial charge in [-0.25, -0.2) is 4.99 Å². The summed E-state index contributed by atoms with van der Waals surface area (Å²) in [6, 6.07) is 5.86. The molecule has 8 heteroatoms.